The van der Waals surface area contributed by atoms with Crippen molar-refractivity contribution in [3.05, 3.63) is 51.7 Å². The lowest BCUT2D eigenvalue weighted by Crippen LogP contribution is -2.03. The molecule has 0 N–H and O–H groups in total. The Morgan fingerprint density at radius 2 is 1.83 bits per heavy atom. The number of thiophene rings is 1. The van der Waals surface area contributed by atoms with E-state index in [4.69, 9.17) is 30.0 Å². The Balaban J connectivity index is 2.40. The molecule has 0 aliphatic carbocycles. The van der Waals surface area contributed by atoms with Gasteiger partial charge in [-0.3, -0.25) is 0 Å². The highest BCUT2D eigenvalue weighted by molar-refractivity contribution is 7.96. The Labute approximate surface area is 161 Å². The Bertz CT molecular complexity index is 685. The summed E-state index contributed by atoms with van der Waals surface area (Å²) in [7, 11) is 0. The molecule has 1 nitrogen and oxygen atoms in total. The van der Waals surface area contributed by atoms with Crippen LogP contribution in [0.1, 0.15) is 56.0 Å². The maximum atomic E-state index is 6.06. The minimum absolute atomic E-state index is 0.458. The van der Waals surface area contributed by atoms with Crippen molar-refractivity contribution in [2.75, 3.05) is 6.61 Å². The quantitative estimate of drug-likeness (QED) is 0.494. The van der Waals surface area contributed by atoms with Crippen LogP contribution in [-0.4, -0.2) is 6.61 Å². The summed E-state index contributed by atoms with van der Waals surface area (Å²) >= 11 is 11.2. The molecule has 24 heavy (non-hydrogen) atoms. The molecule has 2 aromatic rings. The van der Waals surface area contributed by atoms with E-state index in [1.54, 1.807) is 11.3 Å². The maximum absolute atomic E-state index is 6.06. The molecular weight excluding hydrogens is 352 g/mol. The fraction of sp³-hybridized carbons (Fsp3) is 0.400. The molecule has 0 atom stereocenters. The van der Waals surface area contributed by atoms with Crippen molar-refractivity contribution in [2.24, 2.45) is 5.92 Å². The highest BCUT2D eigenvalue weighted by atomic mass is 32.1. The molecule has 130 valence electrons. The van der Waals surface area contributed by atoms with Crippen LogP contribution in [0.15, 0.2) is 35.7 Å². The molecule has 0 amide bonds. The number of hydrogen-bond acceptors (Lipinski definition) is 4. The van der Waals surface area contributed by atoms with E-state index in [0.29, 0.717) is 18.4 Å². The van der Waals surface area contributed by atoms with Gasteiger partial charge in [-0.1, -0.05) is 39.8 Å². The third kappa shape index (κ3) is 5.08. The van der Waals surface area contributed by atoms with Gasteiger partial charge in [-0.2, -0.15) is 0 Å². The lowest BCUT2D eigenvalue weighted by atomic mass is 9.99. The van der Waals surface area contributed by atoms with Crippen molar-refractivity contribution in [2.45, 2.75) is 40.0 Å². The first-order valence-electron chi connectivity index (χ1n) is 8.33. The standard InChI is InChI=1S/C20H26OS3/c1-13(2)9-10-21-17-8-7-15(14(3)4)12-16(17)19(22)20(23)18-6-5-11-24-18/h5-8,11-14,22-23H,9-10H2,1-4H3/b20-19-. The van der Waals surface area contributed by atoms with Crippen LogP contribution in [0.25, 0.3) is 9.81 Å². The lowest BCUT2D eigenvalue weighted by Gasteiger charge is -2.16. The van der Waals surface area contributed by atoms with Crippen LogP contribution >= 0.6 is 36.6 Å². The van der Waals surface area contributed by atoms with E-state index in [1.807, 2.05) is 6.07 Å². The van der Waals surface area contributed by atoms with Gasteiger partial charge in [0.1, 0.15) is 5.75 Å². The molecule has 0 aliphatic heterocycles. The van der Waals surface area contributed by atoms with E-state index in [9.17, 15) is 0 Å². The van der Waals surface area contributed by atoms with Crippen molar-refractivity contribution < 1.29 is 4.74 Å². The number of benzene rings is 1. The van der Waals surface area contributed by atoms with E-state index in [0.717, 1.165) is 32.4 Å². The molecule has 1 heterocycles. The Morgan fingerprint density at radius 3 is 2.42 bits per heavy atom. The molecule has 1 aromatic heterocycles. The monoisotopic (exact) mass is 378 g/mol. The van der Waals surface area contributed by atoms with Gasteiger partial charge in [0.2, 0.25) is 0 Å². The van der Waals surface area contributed by atoms with Crippen molar-refractivity contribution >= 4 is 46.4 Å². The maximum Gasteiger partial charge on any atom is 0.127 e. The van der Waals surface area contributed by atoms with E-state index >= 15 is 0 Å². The highest BCUT2D eigenvalue weighted by Crippen LogP contribution is 2.39. The summed E-state index contributed by atoms with van der Waals surface area (Å²) in [5, 5.41) is 2.05. The summed E-state index contributed by atoms with van der Waals surface area (Å²) in [6.07, 6.45) is 1.04. The zero-order valence-electron chi connectivity index (χ0n) is 14.7. The average molecular weight is 379 g/mol. The Hall–Kier alpha value is -0.840. The average Bonchev–Trinajstić information content (AvgIpc) is 3.07. The van der Waals surface area contributed by atoms with Gasteiger partial charge in [0.05, 0.1) is 6.61 Å². The second-order valence-electron chi connectivity index (χ2n) is 6.62. The van der Waals surface area contributed by atoms with Crippen LogP contribution in [-0.2, 0) is 0 Å². The molecule has 0 bridgehead atoms. The van der Waals surface area contributed by atoms with Gasteiger partial charge >= 0.3 is 0 Å². The van der Waals surface area contributed by atoms with E-state index in [1.165, 1.54) is 5.56 Å². The molecule has 0 saturated heterocycles. The zero-order chi connectivity index (χ0) is 17.7. The predicted octanol–water partition coefficient (Wildman–Crippen LogP) is 6.98. The minimum Gasteiger partial charge on any atom is -0.493 e. The fourth-order valence-corrected chi connectivity index (χ4v) is 3.68. The van der Waals surface area contributed by atoms with Crippen LogP contribution in [0.4, 0.5) is 0 Å². The van der Waals surface area contributed by atoms with E-state index < -0.39 is 0 Å². The van der Waals surface area contributed by atoms with Crippen molar-refractivity contribution in [3.8, 4) is 5.75 Å². The molecule has 0 aliphatic rings. The number of hydrogen-bond donors (Lipinski definition) is 2. The number of rotatable bonds is 7. The van der Waals surface area contributed by atoms with Crippen LogP contribution < -0.4 is 4.74 Å². The second kappa shape index (κ2) is 9.02. The van der Waals surface area contributed by atoms with Crippen molar-refractivity contribution in [1.82, 2.24) is 0 Å². The van der Waals surface area contributed by atoms with Crippen LogP contribution in [0.3, 0.4) is 0 Å². The largest absolute Gasteiger partial charge is 0.493 e. The fourth-order valence-electron chi connectivity index (χ4n) is 2.28. The SMILES string of the molecule is CC(C)CCOc1ccc(C(C)C)cc1/C(S)=C(/S)c1cccs1. The van der Waals surface area contributed by atoms with Crippen LogP contribution in [0, 0.1) is 5.92 Å². The molecule has 2 rings (SSSR count). The molecule has 0 saturated carbocycles. The smallest absolute Gasteiger partial charge is 0.127 e. The molecular formula is C20H26OS3. The number of ether oxygens (including phenoxy) is 1. The molecule has 0 fully saturated rings. The van der Waals surface area contributed by atoms with Crippen LogP contribution in [0.2, 0.25) is 0 Å². The topological polar surface area (TPSA) is 9.23 Å². The normalized spacial score (nSPS) is 12.7. The molecule has 4 heteroatoms. The Kier molecular flexibility index (Phi) is 7.33. The summed E-state index contributed by atoms with van der Waals surface area (Å²) in [6, 6.07) is 10.5. The van der Waals surface area contributed by atoms with Gasteiger partial charge in [-0.25, -0.2) is 0 Å². The molecule has 0 radical (unpaired) electrons. The van der Waals surface area contributed by atoms with Gasteiger partial charge in [0, 0.05) is 20.3 Å². The summed E-state index contributed by atoms with van der Waals surface area (Å²) in [5.41, 5.74) is 2.30. The van der Waals surface area contributed by atoms with Gasteiger partial charge in [0.15, 0.2) is 0 Å². The third-order valence-electron chi connectivity index (χ3n) is 3.86. The van der Waals surface area contributed by atoms with E-state index in [2.05, 4.69) is 57.3 Å². The zero-order valence-corrected chi connectivity index (χ0v) is 17.3. The molecule has 1 aromatic carbocycles. The highest BCUT2D eigenvalue weighted by Gasteiger charge is 2.14. The van der Waals surface area contributed by atoms with Crippen molar-refractivity contribution in [1.29, 1.82) is 0 Å². The van der Waals surface area contributed by atoms with Gasteiger partial charge in [-0.15, -0.1) is 36.6 Å². The first-order valence-corrected chi connectivity index (χ1v) is 10.1. The summed E-state index contributed by atoms with van der Waals surface area (Å²) in [5.74, 6) is 1.97. The second-order valence-corrected chi connectivity index (χ2v) is 8.46. The third-order valence-corrected chi connectivity index (χ3v) is 6.00. The molecule has 0 spiro atoms. The van der Waals surface area contributed by atoms with Crippen molar-refractivity contribution in [3.63, 3.8) is 0 Å². The van der Waals surface area contributed by atoms with Gasteiger partial charge in [-0.05, 0) is 47.4 Å². The van der Waals surface area contributed by atoms with Crippen LogP contribution in [0.5, 0.6) is 5.75 Å². The predicted molar refractivity (Wildman–Crippen MR) is 115 cm³/mol. The van der Waals surface area contributed by atoms with Gasteiger partial charge in [0.25, 0.3) is 0 Å². The molecule has 0 unspecified atom stereocenters. The lowest BCUT2D eigenvalue weighted by molar-refractivity contribution is 0.289. The summed E-state index contributed by atoms with van der Waals surface area (Å²) < 4.78 is 6.06. The van der Waals surface area contributed by atoms with Gasteiger partial charge < -0.3 is 4.74 Å². The first-order chi connectivity index (χ1) is 11.4. The summed E-state index contributed by atoms with van der Waals surface area (Å²) in [4.78, 5) is 2.87. The van der Waals surface area contributed by atoms with E-state index in [-0.39, 0.29) is 0 Å². The number of thiol groups is 2. The summed E-state index contributed by atoms with van der Waals surface area (Å²) in [6.45, 7) is 9.52. The Morgan fingerprint density at radius 1 is 1.08 bits per heavy atom. The first kappa shape index (κ1) is 19.5. The minimum atomic E-state index is 0.458.